The number of para-hydroxylation sites is 1. The van der Waals surface area contributed by atoms with Gasteiger partial charge in [-0.2, -0.15) is 0 Å². The molecule has 20 heavy (non-hydrogen) atoms. The molecule has 1 aliphatic heterocycles. The predicted octanol–water partition coefficient (Wildman–Crippen LogP) is 1.70. The summed E-state index contributed by atoms with van der Waals surface area (Å²) in [6.45, 7) is 4.15. The number of ether oxygens (including phenoxy) is 2. The van der Waals surface area contributed by atoms with Crippen LogP contribution in [0.1, 0.15) is 13.3 Å². The van der Waals surface area contributed by atoms with Crippen molar-refractivity contribution in [1.82, 2.24) is 0 Å². The molecule has 0 amide bonds. The van der Waals surface area contributed by atoms with Gasteiger partial charge in [-0.15, -0.1) is 0 Å². The number of anilines is 1. The molecule has 0 bridgehead atoms. The highest BCUT2D eigenvalue weighted by Gasteiger charge is 2.19. The molecule has 0 saturated carbocycles. The molecule has 1 aromatic rings. The van der Waals surface area contributed by atoms with Gasteiger partial charge in [-0.05, 0) is 18.6 Å². The second-order valence-corrected chi connectivity index (χ2v) is 6.84. The molecule has 1 unspecified atom stereocenters. The maximum Gasteiger partial charge on any atom is 0.180 e. The Morgan fingerprint density at radius 2 is 2.10 bits per heavy atom. The van der Waals surface area contributed by atoms with E-state index in [0.29, 0.717) is 43.4 Å². The number of sulfone groups is 1. The molecule has 6 heteroatoms. The molecular formula is C14H21NO4S. The fourth-order valence-electron chi connectivity index (χ4n) is 2.14. The molecule has 0 spiro atoms. The average Bonchev–Trinajstić information content (AvgIpc) is 2.46. The van der Waals surface area contributed by atoms with Crippen molar-refractivity contribution in [2.75, 3.05) is 37.4 Å². The SMILES string of the molecule is CCCS(=O)(=O)c1ccccc1NCC1COCCO1. The number of rotatable bonds is 6. The minimum atomic E-state index is -3.23. The summed E-state index contributed by atoms with van der Waals surface area (Å²) in [5.74, 6) is 0.161. The summed E-state index contributed by atoms with van der Waals surface area (Å²) < 4.78 is 35.3. The lowest BCUT2D eigenvalue weighted by molar-refractivity contribution is -0.0819. The first-order chi connectivity index (χ1) is 9.63. The Morgan fingerprint density at radius 3 is 2.80 bits per heavy atom. The van der Waals surface area contributed by atoms with Gasteiger partial charge in [0.25, 0.3) is 0 Å². The van der Waals surface area contributed by atoms with Gasteiger partial charge < -0.3 is 14.8 Å². The zero-order valence-corrected chi connectivity index (χ0v) is 12.5. The van der Waals surface area contributed by atoms with Gasteiger partial charge in [-0.25, -0.2) is 8.42 Å². The van der Waals surface area contributed by atoms with E-state index in [9.17, 15) is 8.42 Å². The van der Waals surface area contributed by atoms with Crippen molar-refractivity contribution in [3.05, 3.63) is 24.3 Å². The fourth-order valence-corrected chi connectivity index (χ4v) is 3.66. The van der Waals surface area contributed by atoms with Gasteiger partial charge in [0.2, 0.25) is 0 Å². The van der Waals surface area contributed by atoms with E-state index in [4.69, 9.17) is 9.47 Å². The van der Waals surface area contributed by atoms with Crippen LogP contribution < -0.4 is 5.32 Å². The Kier molecular flexibility index (Phi) is 5.39. The highest BCUT2D eigenvalue weighted by Crippen LogP contribution is 2.22. The molecule has 0 aromatic heterocycles. The van der Waals surface area contributed by atoms with Crippen molar-refractivity contribution >= 4 is 15.5 Å². The van der Waals surface area contributed by atoms with E-state index in [2.05, 4.69) is 5.32 Å². The predicted molar refractivity (Wildman–Crippen MR) is 77.8 cm³/mol. The standard InChI is InChI=1S/C14H21NO4S/c1-2-9-20(16,17)14-6-4-3-5-13(14)15-10-12-11-18-7-8-19-12/h3-6,12,15H,2,7-11H2,1H3. The molecule has 0 radical (unpaired) electrons. The van der Waals surface area contributed by atoms with Gasteiger partial charge in [0.1, 0.15) is 0 Å². The monoisotopic (exact) mass is 299 g/mol. The molecule has 2 rings (SSSR count). The van der Waals surface area contributed by atoms with E-state index in [-0.39, 0.29) is 11.9 Å². The molecule has 1 heterocycles. The van der Waals surface area contributed by atoms with Crippen molar-refractivity contribution in [3.8, 4) is 0 Å². The van der Waals surface area contributed by atoms with E-state index in [0.717, 1.165) is 0 Å². The zero-order chi connectivity index (χ0) is 14.4. The summed E-state index contributed by atoms with van der Waals surface area (Å²) in [5.41, 5.74) is 0.634. The Hall–Kier alpha value is -1.11. The minimum absolute atomic E-state index is 0.0364. The smallest absolute Gasteiger partial charge is 0.180 e. The third-order valence-corrected chi connectivity index (χ3v) is 5.07. The van der Waals surface area contributed by atoms with E-state index < -0.39 is 9.84 Å². The van der Waals surface area contributed by atoms with Crippen LogP contribution in [0.5, 0.6) is 0 Å². The summed E-state index contributed by atoms with van der Waals surface area (Å²) in [4.78, 5) is 0.360. The molecule has 0 aliphatic carbocycles. The molecule has 1 saturated heterocycles. The van der Waals surface area contributed by atoms with Crippen molar-refractivity contribution in [2.45, 2.75) is 24.3 Å². The summed E-state index contributed by atoms with van der Waals surface area (Å²) in [7, 11) is -3.23. The quantitative estimate of drug-likeness (QED) is 0.866. The van der Waals surface area contributed by atoms with E-state index in [1.165, 1.54) is 0 Å². The van der Waals surface area contributed by atoms with Crippen LogP contribution in [0.4, 0.5) is 5.69 Å². The van der Waals surface area contributed by atoms with Gasteiger partial charge >= 0.3 is 0 Å². The van der Waals surface area contributed by atoms with Crippen LogP contribution in [0, 0.1) is 0 Å². The molecule has 1 aromatic carbocycles. The van der Waals surface area contributed by atoms with Crippen LogP contribution in [-0.2, 0) is 19.3 Å². The van der Waals surface area contributed by atoms with Crippen molar-refractivity contribution in [1.29, 1.82) is 0 Å². The zero-order valence-electron chi connectivity index (χ0n) is 11.7. The Morgan fingerprint density at radius 1 is 1.30 bits per heavy atom. The van der Waals surface area contributed by atoms with Gasteiger partial charge in [0, 0.05) is 6.54 Å². The fraction of sp³-hybridized carbons (Fsp3) is 0.571. The maximum atomic E-state index is 12.2. The summed E-state index contributed by atoms with van der Waals surface area (Å²) in [5, 5.41) is 3.16. The molecule has 1 fully saturated rings. The largest absolute Gasteiger partial charge is 0.381 e. The molecule has 5 nitrogen and oxygen atoms in total. The first kappa shape index (κ1) is 15.3. The van der Waals surface area contributed by atoms with E-state index in [1.807, 2.05) is 13.0 Å². The van der Waals surface area contributed by atoms with Crippen molar-refractivity contribution < 1.29 is 17.9 Å². The second kappa shape index (κ2) is 7.06. The number of benzene rings is 1. The first-order valence-electron chi connectivity index (χ1n) is 6.88. The van der Waals surface area contributed by atoms with Gasteiger partial charge in [-0.1, -0.05) is 19.1 Å². The Labute approximate surface area is 120 Å². The highest BCUT2D eigenvalue weighted by atomic mass is 32.2. The van der Waals surface area contributed by atoms with Gasteiger partial charge in [-0.3, -0.25) is 0 Å². The summed E-state index contributed by atoms with van der Waals surface area (Å²) in [6, 6.07) is 7.00. The number of hydrogen-bond donors (Lipinski definition) is 1. The molecule has 1 N–H and O–H groups in total. The van der Waals surface area contributed by atoms with Crippen LogP contribution >= 0.6 is 0 Å². The Balaban J connectivity index is 2.07. The lowest BCUT2D eigenvalue weighted by Crippen LogP contribution is -2.34. The average molecular weight is 299 g/mol. The third kappa shape index (κ3) is 3.94. The lowest BCUT2D eigenvalue weighted by atomic mass is 10.3. The number of hydrogen-bond acceptors (Lipinski definition) is 5. The second-order valence-electron chi connectivity index (χ2n) is 4.76. The van der Waals surface area contributed by atoms with E-state index >= 15 is 0 Å². The normalized spacial score (nSPS) is 19.8. The van der Waals surface area contributed by atoms with Gasteiger partial charge in [0.15, 0.2) is 9.84 Å². The Bertz CT molecular complexity index is 524. The highest BCUT2D eigenvalue weighted by molar-refractivity contribution is 7.91. The molecule has 1 aliphatic rings. The van der Waals surface area contributed by atoms with E-state index in [1.54, 1.807) is 18.2 Å². The first-order valence-corrected chi connectivity index (χ1v) is 8.53. The van der Waals surface area contributed by atoms with Crippen LogP contribution in [-0.4, -0.2) is 46.6 Å². The summed E-state index contributed by atoms with van der Waals surface area (Å²) in [6.07, 6.45) is 0.571. The van der Waals surface area contributed by atoms with Crippen LogP contribution in [0.15, 0.2) is 29.2 Å². The van der Waals surface area contributed by atoms with Crippen LogP contribution in [0.3, 0.4) is 0 Å². The van der Waals surface area contributed by atoms with Crippen molar-refractivity contribution in [2.24, 2.45) is 0 Å². The molecule has 1 atom stereocenters. The molecular weight excluding hydrogens is 278 g/mol. The van der Waals surface area contributed by atoms with Crippen LogP contribution in [0.25, 0.3) is 0 Å². The lowest BCUT2D eigenvalue weighted by Gasteiger charge is -2.24. The topological polar surface area (TPSA) is 64.6 Å². The minimum Gasteiger partial charge on any atom is -0.381 e. The molecule has 112 valence electrons. The summed E-state index contributed by atoms with van der Waals surface area (Å²) >= 11 is 0. The van der Waals surface area contributed by atoms with Crippen LogP contribution in [0.2, 0.25) is 0 Å². The van der Waals surface area contributed by atoms with Gasteiger partial charge in [0.05, 0.1) is 42.3 Å². The number of nitrogens with one attached hydrogen (secondary N) is 1. The third-order valence-electron chi connectivity index (χ3n) is 3.10. The maximum absolute atomic E-state index is 12.2. The van der Waals surface area contributed by atoms with Crippen molar-refractivity contribution in [3.63, 3.8) is 0 Å².